The summed E-state index contributed by atoms with van der Waals surface area (Å²) in [5.41, 5.74) is 4.13. The minimum Gasteiger partial charge on any atom is -0.365 e. The number of H-pyrrole nitrogens is 1. The van der Waals surface area contributed by atoms with E-state index in [4.69, 9.17) is 5.26 Å². The third-order valence-corrected chi connectivity index (χ3v) is 2.17. The molecule has 0 amide bonds. The molecule has 0 bridgehead atoms. The van der Waals surface area contributed by atoms with Crippen molar-refractivity contribution in [3.8, 4) is 17.2 Å². The second-order valence-electron chi connectivity index (χ2n) is 3.26. The number of benzene rings is 1. The van der Waals surface area contributed by atoms with Crippen LogP contribution in [0.1, 0.15) is 11.3 Å². The monoisotopic (exact) mass is 182 g/mol. The van der Waals surface area contributed by atoms with Gasteiger partial charge in [0.05, 0.1) is 11.6 Å². The fraction of sp³-hybridized carbons (Fsp3) is 0.0833. The predicted octanol–water partition coefficient (Wildman–Crippen LogP) is 2.86. The van der Waals surface area contributed by atoms with E-state index >= 15 is 0 Å². The van der Waals surface area contributed by atoms with Gasteiger partial charge in [-0.1, -0.05) is 12.1 Å². The summed E-state index contributed by atoms with van der Waals surface area (Å²) in [6, 6.07) is 11.8. The van der Waals surface area contributed by atoms with E-state index in [1.54, 1.807) is 0 Å². The quantitative estimate of drug-likeness (QED) is 0.723. The van der Waals surface area contributed by atoms with Gasteiger partial charge >= 0.3 is 0 Å². The number of hydrogen-bond acceptors (Lipinski definition) is 1. The summed E-state index contributed by atoms with van der Waals surface area (Å²) in [6.45, 7) is 2.02. The van der Waals surface area contributed by atoms with E-state index in [1.165, 1.54) is 0 Å². The zero-order valence-electron chi connectivity index (χ0n) is 7.91. The number of rotatable bonds is 1. The average molecular weight is 182 g/mol. The van der Waals surface area contributed by atoms with Crippen molar-refractivity contribution in [1.29, 1.82) is 5.26 Å². The van der Waals surface area contributed by atoms with Crippen molar-refractivity contribution in [2.75, 3.05) is 0 Å². The first-order valence-electron chi connectivity index (χ1n) is 4.45. The third-order valence-electron chi connectivity index (χ3n) is 2.17. The van der Waals surface area contributed by atoms with Crippen molar-refractivity contribution in [2.45, 2.75) is 6.92 Å². The minimum atomic E-state index is 0.695. The highest BCUT2D eigenvalue weighted by molar-refractivity contribution is 5.64. The molecule has 1 heterocycles. The summed E-state index contributed by atoms with van der Waals surface area (Å²) < 4.78 is 0. The van der Waals surface area contributed by atoms with Crippen LogP contribution >= 0.6 is 0 Å². The summed E-state index contributed by atoms with van der Waals surface area (Å²) >= 11 is 0. The number of aromatic nitrogens is 1. The molecule has 2 rings (SSSR count). The van der Waals surface area contributed by atoms with Crippen LogP contribution in [0.5, 0.6) is 0 Å². The van der Waals surface area contributed by atoms with Gasteiger partial charge in [0.25, 0.3) is 0 Å². The predicted molar refractivity (Wildman–Crippen MR) is 55.7 cm³/mol. The molecule has 1 aromatic carbocycles. The third kappa shape index (κ3) is 1.53. The number of hydrogen-bond donors (Lipinski definition) is 1. The minimum absolute atomic E-state index is 0.695. The molecule has 0 radical (unpaired) electrons. The van der Waals surface area contributed by atoms with Crippen LogP contribution in [0.25, 0.3) is 11.1 Å². The Morgan fingerprint density at radius 1 is 1.14 bits per heavy atom. The van der Waals surface area contributed by atoms with Crippen molar-refractivity contribution < 1.29 is 0 Å². The van der Waals surface area contributed by atoms with Crippen LogP contribution in [0.4, 0.5) is 0 Å². The molecular weight excluding hydrogens is 172 g/mol. The molecule has 0 fully saturated rings. The van der Waals surface area contributed by atoms with Crippen LogP contribution in [-0.2, 0) is 0 Å². The largest absolute Gasteiger partial charge is 0.365 e. The summed E-state index contributed by atoms with van der Waals surface area (Å²) in [5.74, 6) is 0. The molecule has 2 aromatic rings. The SMILES string of the molecule is Cc1cc(-c2ccc(C#N)cc2)c[nH]1. The maximum absolute atomic E-state index is 8.65. The van der Waals surface area contributed by atoms with E-state index in [2.05, 4.69) is 17.1 Å². The summed E-state index contributed by atoms with van der Waals surface area (Å²) in [5, 5.41) is 8.65. The van der Waals surface area contributed by atoms with Gasteiger partial charge < -0.3 is 4.98 Å². The van der Waals surface area contributed by atoms with Gasteiger partial charge in [-0.3, -0.25) is 0 Å². The van der Waals surface area contributed by atoms with Gasteiger partial charge in [0.15, 0.2) is 0 Å². The van der Waals surface area contributed by atoms with Crippen LogP contribution in [0.15, 0.2) is 36.5 Å². The van der Waals surface area contributed by atoms with Crippen LogP contribution in [0, 0.1) is 18.3 Å². The van der Waals surface area contributed by atoms with Gasteiger partial charge in [-0.2, -0.15) is 5.26 Å². The van der Waals surface area contributed by atoms with Crippen LogP contribution in [0.2, 0.25) is 0 Å². The molecule has 1 N–H and O–H groups in total. The van der Waals surface area contributed by atoms with E-state index in [1.807, 2.05) is 37.4 Å². The molecule has 0 unspecified atom stereocenters. The Morgan fingerprint density at radius 2 is 1.86 bits per heavy atom. The lowest BCUT2D eigenvalue weighted by Gasteiger charge is -1.96. The second-order valence-corrected chi connectivity index (χ2v) is 3.26. The lowest BCUT2D eigenvalue weighted by Crippen LogP contribution is -1.75. The van der Waals surface area contributed by atoms with Crippen LogP contribution in [-0.4, -0.2) is 4.98 Å². The smallest absolute Gasteiger partial charge is 0.0991 e. The van der Waals surface area contributed by atoms with E-state index < -0.39 is 0 Å². The molecule has 0 saturated carbocycles. The molecule has 14 heavy (non-hydrogen) atoms. The van der Waals surface area contributed by atoms with Gasteiger partial charge in [0, 0.05) is 11.9 Å². The van der Waals surface area contributed by atoms with Gasteiger partial charge in [0.2, 0.25) is 0 Å². The van der Waals surface area contributed by atoms with Crippen LogP contribution < -0.4 is 0 Å². The Bertz CT molecular complexity index is 472. The van der Waals surface area contributed by atoms with Gasteiger partial charge in [-0.15, -0.1) is 0 Å². The standard InChI is InChI=1S/C12H10N2/c1-9-6-12(8-14-9)11-4-2-10(7-13)3-5-11/h2-6,8,14H,1H3. The second kappa shape index (κ2) is 3.39. The number of nitrogens with one attached hydrogen (secondary N) is 1. The van der Waals surface area contributed by atoms with Crippen LogP contribution in [0.3, 0.4) is 0 Å². The summed E-state index contributed by atoms with van der Waals surface area (Å²) in [6.07, 6.45) is 1.97. The fourth-order valence-electron chi connectivity index (χ4n) is 1.41. The summed E-state index contributed by atoms with van der Waals surface area (Å²) in [7, 11) is 0. The van der Waals surface area contributed by atoms with Crippen molar-refractivity contribution in [3.63, 3.8) is 0 Å². The molecular formula is C12H10N2. The zero-order valence-corrected chi connectivity index (χ0v) is 7.91. The van der Waals surface area contributed by atoms with Crippen molar-refractivity contribution >= 4 is 0 Å². The van der Waals surface area contributed by atoms with Crippen molar-refractivity contribution in [2.24, 2.45) is 0 Å². The molecule has 0 aliphatic rings. The maximum atomic E-state index is 8.65. The maximum Gasteiger partial charge on any atom is 0.0991 e. The van der Waals surface area contributed by atoms with Crippen molar-refractivity contribution in [1.82, 2.24) is 4.98 Å². The molecule has 2 heteroatoms. The van der Waals surface area contributed by atoms with Gasteiger partial charge in [0.1, 0.15) is 0 Å². The summed E-state index contributed by atoms with van der Waals surface area (Å²) in [4.78, 5) is 3.13. The number of aromatic amines is 1. The Morgan fingerprint density at radius 3 is 2.36 bits per heavy atom. The molecule has 0 aliphatic heterocycles. The average Bonchev–Trinajstić information content (AvgIpc) is 2.65. The van der Waals surface area contributed by atoms with E-state index in [9.17, 15) is 0 Å². The Balaban J connectivity index is 2.39. The molecule has 0 aliphatic carbocycles. The van der Waals surface area contributed by atoms with E-state index in [0.29, 0.717) is 5.56 Å². The molecule has 0 spiro atoms. The molecule has 0 atom stereocenters. The number of nitrogens with zero attached hydrogens (tertiary/aromatic N) is 1. The topological polar surface area (TPSA) is 39.6 Å². The molecule has 0 saturated heterocycles. The number of aryl methyl sites for hydroxylation is 1. The van der Waals surface area contributed by atoms with Crippen molar-refractivity contribution in [3.05, 3.63) is 47.8 Å². The Hall–Kier alpha value is -2.01. The molecule has 68 valence electrons. The lowest BCUT2D eigenvalue weighted by atomic mass is 10.1. The number of nitriles is 1. The highest BCUT2D eigenvalue weighted by atomic mass is 14.7. The highest BCUT2D eigenvalue weighted by Gasteiger charge is 1.98. The first-order valence-corrected chi connectivity index (χ1v) is 4.45. The fourth-order valence-corrected chi connectivity index (χ4v) is 1.41. The van der Waals surface area contributed by atoms with E-state index in [0.717, 1.165) is 16.8 Å². The van der Waals surface area contributed by atoms with Gasteiger partial charge in [-0.05, 0) is 36.2 Å². The Kier molecular flexibility index (Phi) is 2.08. The highest BCUT2D eigenvalue weighted by Crippen LogP contribution is 2.20. The zero-order chi connectivity index (χ0) is 9.97. The first-order chi connectivity index (χ1) is 6.79. The first kappa shape index (κ1) is 8.58. The van der Waals surface area contributed by atoms with E-state index in [-0.39, 0.29) is 0 Å². The van der Waals surface area contributed by atoms with Gasteiger partial charge in [-0.25, -0.2) is 0 Å². The molecule has 1 aromatic heterocycles. The molecule has 2 nitrogen and oxygen atoms in total. The lowest BCUT2D eigenvalue weighted by molar-refractivity contribution is 1.27. The normalized spacial score (nSPS) is 9.71. The Labute approximate surface area is 82.8 Å².